The van der Waals surface area contributed by atoms with E-state index >= 15 is 0 Å². The molecule has 5 heteroatoms. The van der Waals surface area contributed by atoms with Gasteiger partial charge in [0.15, 0.2) is 0 Å². The molecule has 1 fully saturated rings. The van der Waals surface area contributed by atoms with Gasteiger partial charge in [-0.3, -0.25) is 4.79 Å². The molecule has 0 aliphatic carbocycles. The monoisotopic (exact) mass is 304 g/mol. The van der Waals surface area contributed by atoms with E-state index in [1.807, 2.05) is 24.1 Å². The second kappa shape index (κ2) is 5.66. The Bertz CT molecular complexity index is 674. The first-order valence-corrected chi connectivity index (χ1v) is 8.03. The van der Waals surface area contributed by atoms with Crippen LogP contribution < -0.4 is 5.73 Å². The van der Waals surface area contributed by atoms with Gasteiger partial charge in [0.1, 0.15) is 4.88 Å². The van der Waals surface area contributed by atoms with Crippen molar-refractivity contribution in [3.05, 3.63) is 28.6 Å². The van der Waals surface area contributed by atoms with Gasteiger partial charge >= 0.3 is 0 Å². The normalized spacial score (nSPS) is 16.3. The molecular formula is C16H20N2O2S. The number of nitrogens with zero attached hydrogens (tertiary/aromatic N) is 1. The number of ether oxygens (including phenoxy) is 1. The van der Waals surface area contributed by atoms with Crippen molar-refractivity contribution in [1.29, 1.82) is 0 Å². The summed E-state index contributed by atoms with van der Waals surface area (Å²) < 4.78 is 6.47. The summed E-state index contributed by atoms with van der Waals surface area (Å²) in [5.74, 6) is 0.0278. The highest BCUT2D eigenvalue weighted by atomic mass is 32.1. The average Bonchev–Trinajstić information content (AvgIpc) is 2.85. The Hall–Kier alpha value is -1.59. The summed E-state index contributed by atoms with van der Waals surface area (Å²) in [4.78, 5) is 15.3. The summed E-state index contributed by atoms with van der Waals surface area (Å²) in [6, 6.07) is 6.27. The van der Waals surface area contributed by atoms with Gasteiger partial charge in [0.05, 0.1) is 5.69 Å². The van der Waals surface area contributed by atoms with Gasteiger partial charge < -0.3 is 15.4 Å². The van der Waals surface area contributed by atoms with Crippen molar-refractivity contribution in [1.82, 2.24) is 4.90 Å². The van der Waals surface area contributed by atoms with Crippen LogP contribution in [0.3, 0.4) is 0 Å². The molecule has 2 heterocycles. The number of nitrogen functional groups attached to an aromatic ring is 1. The second-order valence-electron chi connectivity index (χ2n) is 5.56. The molecule has 0 saturated carbocycles. The highest BCUT2D eigenvalue weighted by Gasteiger charge is 2.26. The molecule has 112 valence electrons. The zero-order valence-corrected chi connectivity index (χ0v) is 13.2. The molecule has 0 radical (unpaired) electrons. The summed E-state index contributed by atoms with van der Waals surface area (Å²) in [5.41, 5.74) is 7.99. The van der Waals surface area contributed by atoms with Crippen molar-refractivity contribution in [3.63, 3.8) is 0 Å². The fourth-order valence-electron chi connectivity index (χ4n) is 2.84. The number of carbonyl (C=O) groups is 1. The second-order valence-corrected chi connectivity index (χ2v) is 6.58. The van der Waals surface area contributed by atoms with E-state index in [1.165, 1.54) is 11.3 Å². The van der Waals surface area contributed by atoms with Gasteiger partial charge in [-0.2, -0.15) is 0 Å². The number of carbonyl (C=O) groups excluding carboxylic acids is 1. The lowest BCUT2D eigenvalue weighted by Gasteiger charge is -2.31. The Morgan fingerprint density at radius 2 is 2.10 bits per heavy atom. The van der Waals surface area contributed by atoms with Crippen LogP contribution in [0.1, 0.15) is 28.1 Å². The van der Waals surface area contributed by atoms with Crippen LogP contribution in [0.4, 0.5) is 5.69 Å². The number of nitrogens with two attached hydrogens (primary N) is 1. The lowest BCUT2D eigenvalue weighted by molar-refractivity contribution is 0.0365. The maximum atomic E-state index is 12.8. The minimum Gasteiger partial charge on any atom is -0.397 e. The Kier molecular flexibility index (Phi) is 3.87. The van der Waals surface area contributed by atoms with Crippen molar-refractivity contribution in [2.24, 2.45) is 0 Å². The van der Waals surface area contributed by atoms with Crippen LogP contribution in [0, 0.1) is 6.92 Å². The van der Waals surface area contributed by atoms with Crippen molar-refractivity contribution in [3.8, 4) is 0 Å². The van der Waals surface area contributed by atoms with Crippen LogP contribution in [0.5, 0.6) is 0 Å². The molecule has 2 aromatic rings. The van der Waals surface area contributed by atoms with Crippen molar-refractivity contribution >= 4 is 33.0 Å². The molecule has 1 aliphatic rings. The summed E-state index contributed by atoms with van der Waals surface area (Å²) in [6.07, 6.45) is 1.79. The van der Waals surface area contributed by atoms with Crippen molar-refractivity contribution in [2.45, 2.75) is 25.8 Å². The molecule has 4 nitrogen and oxygen atoms in total. The van der Waals surface area contributed by atoms with Gasteiger partial charge in [-0.1, -0.05) is 18.2 Å². The summed E-state index contributed by atoms with van der Waals surface area (Å²) in [5, 5.41) is 0.990. The molecule has 1 aromatic carbocycles. The number of anilines is 1. The van der Waals surface area contributed by atoms with Crippen molar-refractivity contribution in [2.75, 3.05) is 26.0 Å². The Morgan fingerprint density at radius 1 is 1.38 bits per heavy atom. The predicted octanol–water partition coefficient (Wildman–Crippen LogP) is 3.04. The number of rotatable bonds is 2. The molecule has 3 rings (SSSR count). The summed E-state index contributed by atoms with van der Waals surface area (Å²) in [7, 11) is 1.87. The molecule has 21 heavy (non-hydrogen) atoms. The summed E-state index contributed by atoms with van der Waals surface area (Å²) >= 11 is 1.50. The first kappa shape index (κ1) is 14.4. The lowest BCUT2D eigenvalue weighted by Crippen LogP contribution is -2.40. The number of benzene rings is 1. The van der Waals surface area contributed by atoms with E-state index in [2.05, 4.69) is 13.0 Å². The lowest BCUT2D eigenvalue weighted by atomic mass is 10.1. The molecule has 0 spiro atoms. The van der Waals surface area contributed by atoms with E-state index in [1.54, 1.807) is 0 Å². The minimum absolute atomic E-state index is 0.0278. The molecule has 1 aromatic heterocycles. The fraction of sp³-hybridized carbons (Fsp3) is 0.438. The van der Waals surface area contributed by atoms with Gasteiger partial charge in [0.25, 0.3) is 5.91 Å². The maximum Gasteiger partial charge on any atom is 0.266 e. The number of thiophene rings is 1. The number of aryl methyl sites for hydroxylation is 1. The van der Waals surface area contributed by atoms with E-state index in [0.717, 1.165) is 41.7 Å². The molecule has 0 atom stereocenters. The van der Waals surface area contributed by atoms with Gasteiger partial charge in [0, 0.05) is 36.4 Å². The third kappa shape index (κ3) is 2.51. The Morgan fingerprint density at radius 3 is 2.76 bits per heavy atom. The smallest absolute Gasteiger partial charge is 0.266 e. The van der Waals surface area contributed by atoms with E-state index < -0.39 is 0 Å². The fourth-order valence-corrected chi connectivity index (χ4v) is 4.01. The van der Waals surface area contributed by atoms with E-state index in [-0.39, 0.29) is 11.9 Å². The molecule has 1 aliphatic heterocycles. The van der Waals surface area contributed by atoms with Crippen LogP contribution in [0.25, 0.3) is 10.1 Å². The molecule has 2 N–H and O–H groups in total. The SMILES string of the molecule is Cc1cccc2c(N)c(C(=O)N(C)C3CCOCC3)sc12. The third-order valence-corrected chi connectivity index (χ3v) is 5.55. The topological polar surface area (TPSA) is 55.6 Å². The molecule has 1 amide bonds. The first-order chi connectivity index (χ1) is 10.1. The van der Waals surface area contributed by atoms with Crippen LogP contribution >= 0.6 is 11.3 Å². The third-order valence-electron chi connectivity index (χ3n) is 4.20. The number of amides is 1. The van der Waals surface area contributed by atoms with Crippen LogP contribution in [-0.2, 0) is 4.74 Å². The van der Waals surface area contributed by atoms with E-state index in [4.69, 9.17) is 10.5 Å². The largest absolute Gasteiger partial charge is 0.397 e. The zero-order chi connectivity index (χ0) is 15.0. The molecule has 1 saturated heterocycles. The standard InChI is InChI=1S/C16H20N2O2S/c1-10-4-3-5-12-13(17)15(21-14(10)12)16(19)18(2)11-6-8-20-9-7-11/h3-5,11H,6-9,17H2,1-2H3. The quantitative estimate of drug-likeness (QED) is 0.928. The van der Waals surface area contributed by atoms with E-state index in [0.29, 0.717) is 10.6 Å². The van der Waals surface area contributed by atoms with E-state index in [9.17, 15) is 4.79 Å². The van der Waals surface area contributed by atoms with Gasteiger partial charge in [-0.05, 0) is 25.3 Å². The Labute approximate surface area is 128 Å². The van der Waals surface area contributed by atoms with Gasteiger partial charge in [0.2, 0.25) is 0 Å². The van der Waals surface area contributed by atoms with Crippen molar-refractivity contribution < 1.29 is 9.53 Å². The number of hydrogen-bond acceptors (Lipinski definition) is 4. The van der Waals surface area contributed by atoms with Gasteiger partial charge in [-0.15, -0.1) is 11.3 Å². The highest BCUT2D eigenvalue weighted by molar-refractivity contribution is 7.21. The number of fused-ring (bicyclic) bond motifs is 1. The van der Waals surface area contributed by atoms with Crippen LogP contribution in [-0.4, -0.2) is 37.1 Å². The molecular weight excluding hydrogens is 284 g/mol. The predicted molar refractivity (Wildman–Crippen MR) is 86.9 cm³/mol. The maximum absolute atomic E-state index is 12.8. The first-order valence-electron chi connectivity index (χ1n) is 7.22. The van der Waals surface area contributed by atoms with Gasteiger partial charge in [-0.25, -0.2) is 0 Å². The van der Waals surface area contributed by atoms with Crippen LogP contribution in [0.15, 0.2) is 18.2 Å². The highest BCUT2D eigenvalue weighted by Crippen LogP contribution is 2.36. The Balaban J connectivity index is 1.94. The summed E-state index contributed by atoms with van der Waals surface area (Å²) in [6.45, 7) is 3.50. The average molecular weight is 304 g/mol. The minimum atomic E-state index is 0.0278. The molecule has 0 unspecified atom stereocenters. The zero-order valence-electron chi connectivity index (χ0n) is 12.4. The number of hydrogen-bond donors (Lipinski definition) is 1. The molecule has 0 bridgehead atoms. The van der Waals surface area contributed by atoms with Crippen LogP contribution in [0.2, 0.25) is 0 Å².